The Hall–Kier alpha value is -3.90. The van der Waals surface area contributed by atoms with Crippen LogP contribution in [0.3, 0.4) is 0 Å². The van der Waals surface area contributed by atoms with Gasteiger partial charge in [0.1, 0.15) is 11.6 Å². The Morgan fingerprint density at radius 3 is 2.68 bits per heavy atom. The van der Waals surface area contributed by atoms with E-state index < -0.39 is 15.8 Å². The maximum absolute atomic E-state index is 15.0. The molecule has 0 aliphatic carbocycles. The minimum Gasteiger partial charge on any atom is -0.493 e. The SMILES string of the molecule is COc1cc2c(Oc3ccc(NS(=O)(=O)c4cnc(C)[nH]4)cc3F)ccnc2cc1OCCCN1CCCCC1C. The van der Waals surface area contributed by atoms with Crippen molar-refractivity contribution < 1.29 is 27.0 Å². The second-order valence-electron chi connectivity index (χ2n) is 10.1. The van der Waals surface area contributed by atoms with Gasteiger partial charge in [-0.25, -0.2) is 9.37 Å². The van der Waals surface area contributed by atoms with E-state index in [1.54, 1.807) is 38.4 Å². The molecular weight excluding hydrogens is 549 g/mol. The Balaban J connectivity index is 1.29. The Kier molecular flexibility index (Phi) is 8.60. The molecule has 41 heavy (non-hydrogen) atoms. The fourth-order valence-electron chi connectivity index (χ4n) is 4.94. The third-order valence-corrected chi connectivity index (χ3v) is 8.44. The maximum Gasteiger partial charge on any atom is 0.278 e. The van der Waals surface area contributed by atoms with Crippen molar-refractivity contribution in [3.63, 3.8) is 0 Å². The molecule has 1 unspecified atom stereocenters. The number of piperidine rings is 1. The first-order valence-electron chi connectivity index (χ1n) is 13.6. The number of fused-ring (bicyclic) bond motifs is 1. The minimum atomic E-state index is -3.95. The van der Waals surface area contributed by atoms with Gasteiger partial charge < -0.3 is 24.1 Å². The largest absolute Gasteiger partial charge is 0.493 e. The van der Waals surface area contributed by atoms with Gasteiger partial charge in [0.2, 0.25) is 0 Å². The number of methoxy groups -OCH3 is 1. The van der Waals surface area contributed by atoms with E-state index in [-0.39, 0.29) is 16.5 Å². The van der Waals surface area contributed by atoms with Crippen LogP contribution in [0.25, 0.3) is 10.9 Å². The molecule has 4 aromatic rings. The average Bonchev–Trinajstić information content (AvgIpc) is 3.40. The van der Waals surface area contributed by atoms with Gasteiger partial charge >= 0.3 is 0 Å². The topological polar surface area (TPSA) is 119 Å². The van der Waals surface area contributed by atoms with E-state index in [0.717, 1.165) is 25.6 Å². The number of sulfonamides is 1. The second-order valence-corrected chi connectivity index (χ2v) is 11.7. The molecule has 1 aliphatic rings. The molecular formula is C29H34FN5O5S. The zero-order chi connectivity index (χ0) is 29.0. The van der Waals surface area contributed by atoms with E-state index >= 15 is 4.39 Å². The highest BCUT2D eigenvalue weighted by Crippen LogP contribution is 2.38. The zero-order valence-corrected chi connectivity index (χ0v) is 24.1. The lowest BCUT2D eigenvalue weighted by Crippen LogP contribution is -2.38. The number of nitrogens with one attached hydrogen (secondary N) is 2. The summed E-state index contributed by atoms with van der Waals surface area (Å²) in [4.78, 5) is 13.5. The number of nitrogens with zero attached hydrogens (tertiary/aromatic N) is 3. The number of anilines is 1. The van der Waals surface area contributed by atoms with Gasteiger partial charge in [0.25, 0.3) is 10.0 Å². The predicted molar refractivity (Wildman–Crippen MR) is 154 cm³/mol. The van der Waals surface area contributed by atoms with Gasteiger partial charge in [-0.15, -0.1) is 0 Å². The molecule has 1 atom stereocenters. The average molecular weight is 584 g/mol. The maximum atomic E-state index is 15.0. The van der Waals surface area contributed by atoms with Crippen LogP contribution < -0.4 is 18.9 Å². The highest BCUT2D eigenvalue weighted by molar-refractivity contribution is 7.92. The van der Waals surface area contributed by atoms with Crippen LogP contribution in [-0.2, 0) is 10.0 Å². The molecule has 0 saturated carbocycles. The first-order valence-corrected chi connectivity index (χ1v) is 15.1. The number of aromatic nitrogens is 3. The molecule has 0 bridgehead atoms. The van der Waals surface area contributed by atoms with Gasteiger partial charge in [-0.1, -0.05) is 6.42 Å². The second kappa shape index (κ2) is 12.3. The molecule has 5 rings (SSSR count). The van der Waals surface area contributed by atoms with E-state index in [1.165, 1.54) is 37.6 Å². The number of ether oxygens (including phenoxy) is 3. The molecule has 1 saturated heterocycles. The van der Waals surface area contributed by atoms with Gasteiger partial charge in [0, 0.05) is 36.3 Å². The normalized spacial score (nSPS) is 16.0. The molecule has 2 N–H and O–H groups in total. The van der Waals surface area contributed by atoms with Crippen LogP contribution in [0.1, 0.15) is 38.4 Å². The summed E-state index contributed by atoms with van der Waals surface area (Å²) in [7, 11) is -2.39. The van der Waals surface area contributed by atoms with Gasteiger partial charge in [0.05, 0.1) is 31.1 Å². The monoisotopic (exact) mass is 583 g/mol. The molecule has 1 fully saturated rings. The first-order chi connectivity index (χ1) is 19.7. The number of imidazole rings is 1. The Morgan fingerprint density at radius 2 is 1.95 bits per heavy atom. The van der Waals surface area contributed by atoms with Crippen LogP contribution in [0.5, 0.6) is 23.0 Å². The summed E-state index contributed by atoms with van der Waals surface area (Å²) >= 11 is 0. The Morgan fingerprint density at radius 1 is 1.10 bits per heavy atom. The number of pyridine rings is 1. The number of aromatic amines is 1. The molecule has 3 heterocycles. The molecule has 0 spiro atoms. The van der Waals surface area contributed by atoms with Crippen LogP contribution in [0, 0.1) is 12.7 Å². The number of hydrogen-bond acceptors (Lipinski definition) is 8. The number of benzene rings is 2. The molecule has 10 nitrogen and oxygen atoms in total. The number of hydrogen-bond donors (Lipinski definition) is 2. The van der Waals surface area contributed by atoms with E-state index in [2.05, 4.69) is 31.5 Å². The van der Waals surface area contributed by atoms with Crippen LogP contribution in [0.2, 0.25) is 0 Å². The summed E-state index contributed by atoms with van der Waals surface area (Å²) in [5, 5.41) is 0.491. The summed E-state index contributed by atoms with van der Waals surface area (Å²) < 4.78 is 60.0. The predicted octanol–water partition coefficient (Wildman–Crippen LogP) is 5.65. The van der Waals surface area contributed by atoms with Crippen molar-refractivity contribution in [2.75, 3.05) is 31.5 Å². The molecule has 0 amide bonds. The van der Waals surface area contributed by atoms with Crippen LogP contribution in [0.4, 0.5) is 10.1 Å². The number of halogens is 1. The zero-order valence-electron chi connectivity index (χ0n) is 23.3. The molecule has 2 aromatic heterocycles. The van der Waals surface area contributed by atoms with E-state index in [1.807, 2.05) is 0 Å². The van der Waals surface area contributed by atoms with E-state index in [4.69, 9.17) is 14.2 Å². The number of likely N-dealkylation sites (tertiary alicyclic amines) is 1. The third-order valence-electron chi connectivity index (χ3n) is 7.15. The summed E-state index contributed by atoms with van der Waals surface area (Å²) in [6, 6.07) is 9.60. The van der Waals surface area contributed by atoms with Gasteiger partial charge in [0.15, 0.2) is 28.1 Å². The Labute approximate surface area is 238 Å². The Bertz CT molecular complexity index is 1630. The summed E-state index contributed by atoms with van der Waals surface area (Å²) in [6.45, 7) is 6.58. The summed E-state index contributed by atoms with van der Waals surface area (Å²) in [6.07, 6.45) is 7.45. The fraction of sp³-hybridized carbons (Fsp3) is 0.379. The molecule has 218 valence electrons. The van der Waals surface area contributed by atoms with Gasteiger partial charge in [-0.2, -0.15) is 8.42 Å². The summed E-state index contributed by atoms with van der Waals surface area (Å²) in [5.74, 6) is 1.07. The van der Waals surface area contributed by atoms with Crippen LogP contribution in [-0.4, -0.2) is 61.1 Å². The van der Waals surface area contributed by atoms with Crippen molar-refractivity contribution in [2.45, 2.75) is 50.6 Å². The van der Waals surface area contributed by atoms with E-state index in [9.17, 15) is 8.42 Å². The molecule has 1 aliphatic heterocycles. The number of rotatable bonds is 11. The molecule has 0 radical (unpaired) electrons. The van der Waals surface area contributed by atoms with Crippen LogP contribution in [0.15, 0.2) is 53.8 Å². The van der Waals surface area contributed by atoms with Crippen molar-refractivity contribution in [3.8, 4) is 23.0 Å². The highest BCUT2D eigenvalue weighted by Gasteiger charge is 2.20. The lowest BCUT2D eigenvalue weighted by atomic mass is 10.0. The number of H-pyrrole nitrogens is 1. The minimum absolute atomic E-state index is 0.0416. The van der Waals surface area contributed by atoms with Crippen molar-refractivity contribution >= 4 is 26.6 Å². The molecule has 2 aromatic carbocycles. The van der Waals surface area contributed by atoms with Crippen LogP contribution >= 0.6 is 0 Å². The van der Waals surface area contributed by atoms with Crippen molar-refractivity contribution in [2.24, 2.45) is 0 Å². The number of aryl methyl sites for hydroxylation is 1. The van der Waals surface area contributed by atoms with Gasteiger partial charge in [-0.05, 0) is 63.9 Å². The standard InChI is InChI=1S/C29H34FN5O5S/c1-19-7-4-5-12-35(19)13-6-14-39-28-17-24-22(16-27(28)38-3)25(10-11-31-24)40-26-9-8-21(15-23(26)30)34-41(36,37)29-18-32-20(2)33-29/h8-11,15-19,34H,4-7,12-14H2,1-3H3,(H,32,33). The third kappa shape index (κ3) is 6.71. The fourth-order valence-corrected chi connectivity index (χ4v) is 5.96. The molecule has 12 heteroatoms. The van der Waals surface area contributed by atoms with Crippen molar-refractivity contribution in [3.05, 3.63) is 60.4 Å². The smallest absolute Gasteiger partial charge is 0.278 e. The lowest BCUT2D eigenvalue weighted by molar-refractivity contribution is 0.148. The first kappa shape index (κ1) is 28.6. The van der Waals surface area contributed by atoms with E-state index in [0.29, 0.717) is 46.6 Å². The highest BCUT2D eigenvalue weighted by atomic mass is 32.2. The quantitative estimate of drug-likeness (QED) is 0.218. The van der Waals surface area contributed by atoms with Crippen molar-refractivity contribution in [1.29, 1.82) is 0 Å². The lowest BCUT2D eigenvalue weighted by Gasteiger charge is -2.33. The summed E-state index contributed by atoms with van der Waals surface area (Å²) in [5.41, 5.74) is 0.641. The van der Waals surface area contributed by atoms with Gasteiger partial charge in [-0.3, -0.25) is 9.71 Å². The van der Waals surface area contributed by atoms with Crippen molar-refractivity contribution in [1.82, 2.24) is 19.9 Å².